The van der Waals surface area contributed by atoms with Gasteiger partial charge < -0.3 is 10.6 Å². The third-order valence-corrected chi connectivity index (χ3v) is 3.33. The summed E-state index contributed by atoms with van der Waals surface area (Å²) in [5.74, 6) is -0.389. The number of carbonyl (C=O) groups is 2. The molecule has 0 spiro atoms. The van der Waals surface area contributed by atoms with Gasteiger partial charge in [0.25, 0.3) is 5.91 Å². The zero-order chi connectivity index (χ0) is 14.6. The zero-order valence-electron chi connectivity index (χ0n) is 11.0. The van der Waals surface area contributed by atoms with Gasteiger partial charge in [0.15, 0.2) is 0 Å². The van der Waals surface area contributed by atoms with E-state index in [1.165, 1.54) is 0 Å². The minimum atomic E-state index is -0.666. The number of hydrogen-bond donors (Lipinski definition) is 2. The van der Waals surface area contributed by atoms with Gasteiger partial charge in [0, 0.05) is 28.7 Å². The van der Waals surface area contributed by atoms with Crippen LogP contribution in [0.1, 0.15) is 24.2 Å². The van der Waals surface area contributed by atoms with E-state index in [4.69, 9.17) is 11.6 Å². The first-order chi connectivity index (χ1) is 8.76. The zero-order valence-corrected chi connectivity index (χ0v) is 13.4. The molecule has 19 heavy (non-hydrogen) atoms. The van der Waals surface area contributed by atoms with Crippen LogP contribution in [0.15, 0.2) is 22.7 Å². The summed E-state index contributed by atoms with van der Waals surface area (Å²) in [6.07, 6.45) is 0. The lowest BCUT2D eigenvalue weighted by Gasteiger charge is -2.22. The molecule has 0 atom stereocenters. The van der Waals surface area contributed by atoms with Crippen LogP contribution in [0.2, 0.25) is 5.02 Å². The molecule has 6 heteroatoms. The normalized spacial score (nSPS) is 11.0. The average Bonchev–Trinajstić information content (AvgIpc) is 2.33. The van der Waals surface area contributed by atoms with Gasteiger partial charge in [0.1, 0.15) is 0 Å². The monoisotopic (exact) mass is 346 g/mol. The summed E-state index contributed by atoms with van der Waals surface area (Å²) in [7, 11) is 1.57. The van der Waals surface area contributed by atoms with Crippen LogP contribution in [-0.2, 0) is 4.79 Å². The van der Waals surface area contributed by atoms with Crippen LogP contribution < -0.4 is 10.6 Å². The Morgan fingerprint density at radius 2 is 1.95 bits per heavy atom. The van der Waals surface area contributed by atoms with Crippen molar-refractivity contribution in [1.82, 2.24) is 10.6 Å². The molecule has 0 unspecified atom stereocenters. The van der Waals surface area contributed by atoms with Crippen LogP contribution >= 0.6 is 27.5 Å². The second-order valence-electron chi connectivity index (χ2n) is 4.80. The second-order valence-corrected chi connectivity index (χ2v) is 6.16. The molecule has 4 nitrogen and oxygen atoms in total. The van der Waals surface area contributed by atoms with E-state index in [2.05, 4.69) is 26.6 Å². The fourth-order valence-electron chi connectivity index (χ4n) is 1.51. The Morgan fingerprint density at radius 1 is 1.32 bits per heavy atom. The Kier molecular flexibility index (Phi) is 5.38. The highest BCUT2D eigenvalue weighted by atomic mass is 79.9. The van der Waals surface area contributed by atoms with Crippen molar-refractivity contribution in [3.8, 4) is 0 Å². The second kappa shape index (κ2) is 6.39. The van der Waals surface area contributed by atoms with E-state index in [1.807, 2.05) is 0 Å². The molecule has 2 N–H and O–H groups in total. The molecule has 1 aromatic carbocycles. The molecule has 0 saturated carbocycles. The maximum Gasteiger partial charge on any atom is 0.251 e. The van der Waals surface area contributed by atoms with Gasteiger partial charge in [-0.1, -0.05) is 27.5 Å². The van der Waals surface area contributed by atoms with Crippen molar-refractivity contribution in [1.29, 1.82) is 0 Å². The number of nitrogens with one attached hydrogen (secondary N) is 2. The van der Waals surface area contributed by atoms with Gasteiger partial charge in [-0.25, -0.2) is 0 Å². The first-order valence-electron chi connectivity index (χ1n) is 5.73. The lowest BCUT2D eigenvalue weighted by atomic mass is 9.92. The molecule has 0 radical (unpaired) electrons. The highest BCUT2D eigenvalue weighted by molar-refractivity contribution is 9.10. The third-order valence-electron chi connectivity index (χ3n) is 2.66. The van der Waals surface area contributed by atoms with Crippen molar-refractivity contribution in [2.45, 2.75) is 13.8 Å². The highest BCUT2D eigenvalue weighted by Crippen LogP contribution is 2.20. The maximum absolute atomic E-state index is 12.0. The number of rotatable bonds is 4. The standard InChI is InChI=1S/C13H16BrClN2O2/c1-13(2,12(19)16-3)7-17-11(18)8-4-9(14)6-10(15)5-8/h4-6H,7H2,1-3H3,(H,16,19)(H,17,18). The first kappa shape index (κ1) is 16.0. The van der Waals surface area contributed by atoms with E-state index in [1.54, 1.807) is 39.1 Å². The van der Waals surface area contributed by atoms with Crippen LogP contribution in [0.25, 0.3) is 0 Å². The number of carbonyl (C=O) groups excluding carboxylic acids is 2. The Bertz CT molecular complexity index is 483. The highest BCUT2D eigenvalue weighted by Gasteiger charge is 2.27. The van der Waals surface area contributed by atoms with E-state index in [0.29, 0.717) is 10.6 Å². The van der Waals surface area contributed by atoms with Crippen molar-refractivity contribution in [2.75, 3.05) is 13.6 Å². The first-order valence-corrected chi connectivity index (χ1v) is 6.90. The summed E-state index contributed by atoms with van der Waals surface area (Å²) < 4.78 is 0.732. The largest absolute Gasteiger partial charge is 0.359 e. The van der Waals surface area contributed by atoms with Crippen molar-refractivity contribution in [3.63, 3.8) is 0 Å². The third kappa shape index (κ3) is 4.51. The molecule has 104 valence electrons. The number of hydrogen-bond acceptors (Lipinski definition) is 2. The number of halogens is 2. The van der Waals surface area contributed by atoms with Crippen LogP contribution in [0.5, 0.6) is 0 Å². The minimum absolute atomic E-state index is 0.125. The van der Waals surface area contributed by atoms with E-state index >= 15 is 0 Å². The van der Waals surface area contributed by atoms with Gasteiger partial charge in [0.2, 0.25) is 5.91 Å². The molecule has 0 aromatic heterocycles. The molecule has 0 aliphatic heterocycles. The lowest BCUT2D eigenvalue weighted by molar-refractivity contribution is -0.128. The molecular weight excluding hydrogens is 332 g/mol. The minimum Gasteiger partial charge on any atom is -0.359 e. The topological polar surface area (TPSA) is 58.2 Å². The summed E-state index contributed by atoms with van der Waals surface area (Å²) >= 11 is 9.16. The van der Waals surface area contributed by atoms with Gasteiger partial charge in [-0.2, -0.15) is 0 Å². The van der Waals surface area contributed by atoms with Gasteiger partial charge in [-0.05, 0) is 32.0 Å². The molecule has 0 bridgehead atoms. The fourth-order valence-corrected chi connectivity index (χ4v) is 2.37. The van der Waals surface area contributed by atoms with Crippen LogP contribution in [0.4, 0.5) is 0 Å². The Labute approximate surface area is 126 Å². The van der Waals surface area contributed by atoms with Crippen molar-refractivity contribution in [2.24, 2.45) is 5.41 Å². The molecule has 0 aliphatic rings. The van der Waals surface area contributed by atoms with E-state index in [0.717, 1.165) is 4.47 Å². The van der Waals surface area contributed by atoms with Gasteiger partial charge in [-0.15, -0.1) is 0 Å². The predicted octanol–water partition coefficient (Wildman–Crippen LogP) is 2.60. The fraction of sp³-hybridized carbons (Fsp3) is 0.385. The predicted molar refractivity (Wildman–Crippen MR) is 79.3 cm³/mol. The summed E-state index contributed by atoms with van der Waals surface area (Å²) in [4.78, 5) is 23.6. The Morgan fingerprint density at radius 3 is 2.47 bits per heavy atom. The Balaban J connectivity index is 2.73. The summed E-state index contributed by atoms with van der Waals surface area (Å²) in [6.45, 7) is 3.77. The maximum atomic E-state index is 12.0. The Hall–Kier alpha value is -1.07. The molecule has 1 aromatic rings. The van der Waals surface area contributed by atoms with Crippen molar-refractivity contribution >= 4 is 39.3 Å². The number of benzene rings is 1. The van der Waals surface area contributed by atoms with E-state index in [9.17, 15) is 9.59 Å². The molecule has 1 rings (SSSR count). The molecular formula is C13H16BrClN2O2. The van der Waals surface area contributed by atoms with Crippen LogP contribution in [0, 0.1) is 5.41 Å². The summed E-state index contributed by atoms with van der Waals surface area (Å²) in [5.41, 5.74) is -0.215. The molecule has 0 heterocycles. The van der Waals surface area contributed by atoms with E-state index in [-0.39, 0.29) is 18.4 Å². The smallest absolute Gasteiger partial charge is 0.251 e. The van der Waals surface area contributed by atoms with Crippen LogP contribution in [0.3, 0.4) is 0 Å². The van der Waals surface area contributed by atoms with Gasteiger partial charge in [-0.3, -0.25) is 9.59 Å². The molecule has 0 aliphatic carbocycles. The summed E-state index contributed by atoms with van der Waals surface area (Å²) in [6, 6.07) is 4.95. The summed E-state index contributed by atoms with van der Waals surface area (Å²) in [5, 5.41) is 5.77. The number of amides is 2. The molecule has 0 saturated heterocycles. The van der Waals surface area contributed by atoms with Gasteiger partial charge in [0.05, 0.1) is 5.41 Å². The van der Waals surface area contributed by atoms with Crippen LogP contribution in [-0.4, -0.2) is 25.4 Å². The average molecular weight is 348 g/mol. The van der Waals surface area contributed by atoms with Crippen molar-refractivity contribution < 1.29 is 9.59 Å². The quantitative estimate of drug-likeness (QED) is 0.879. The van der Waals surface area contributed by atoms with E-state index < -0.39 is 5.41 Å². The SMILES string of the molecule is CNC(=O)C(C)(C)CNC(=O)c1cc(Cl)cc(Br)c1. The molecule has 0 fully saturated rings. The lowest BCUT2D eigenvalue weighted by Crippen LogP contribution is -2.43. The molecule has 2 amide bonds. The van der Waals surface area contributed by atoms with Crippen molar-refractivity contribution in [3.05, 3.63) is 33.3 Å². The van der Waals surface area contributed by atoms with Gasteiger partial charge >= 0.3 is 0 Å².